The van der Waals surface area contributed by atoms with Crippen molar-refractivity contribution in [1.29, 1.82) is 0 Å². The Labute approximate surface area is 221 Å². The van der Waals surface area contributed by atoms with Crippen molar-refractivity contribution in [2.75, 3.05) is 36.8 Å². The molecule has 0 unspecified atom stereocenters. The van der Waals surface area contributed by atoms with Gasteiger partial charge in [-0.2, -0.15) is 14.1 Å². The topological polar surface area (TPSA) is 97.6 Å². The van der Waals surface area contributed by atoms with E-state index in [2.05, 4.69) is 10.1 Å². The first-order valence-electron chi connectivity index (χ1n) is 12.6. The van der Waals surface area contributed by atoms with Crippen LogP contribution in [0.5, 0.6) is 5.75 Å². The first kappa shape index (κ1) is 25.7. The number of sulfonamides is 1. The second-order valence-electron chi connectivity index (χ2n) is 9.39. The molecule has 2 aromatic heterocycles. The van der Waals surface area contributed by atoms with Gasteiger partial charge in [-0.3, -0.25) is 9.78 Å². The van der Waals surface area contributed by atoms with Gasteiger partial charge in [0.15, 0.2) is 0 Å². The summed E-state index contributed by atoms with van der Waals surface area (Å²) in [5.74, 6) is 0.306. The van der Waals surface area contributed by atoms with Crippen molar-refractivity contribution in [1.82, 2.24) is 19.1 Å². The number of rotatable bonds is 8. The minimum atomic E-state index is -3.41. The quantitative estimate of drug-likeness (QED) is 0.430. The Morgan fingerprint density at radius 1 is 1.03 bits per heavy atom. The molecule has 9 nitrogen and oxygen atoms in total. The van der Waals surface area contributed by atoms with Crippen molar-refractivity contribution >= 4 is 27.3 Å². The Morgan fingerprint density at radius 3 is 2.46 bits per heavy atom. The van der Waals surface area contributed by atoms with E-state index >= 15 is 0 Å². The zero-order valence-corrected chi connectivity index (χ0v) is 22.1. The molecule has 0 bridgehead atoms. The van der Waals surface area contributed by atoms with E-state index in [4.69, 9.17) is 16.3 Å². The molecule has 0 spiro atoms. The molecule has 11 heteroatoms. The number of hydrogen-bond donors (Lipinski definition) is 0. The van der Waals surface area contributed by atoms with Crippen LogP contribution in [0.3, 0.4) is 0 Å². The highest BCUT2D eigenvalue weighted by Crippen LogP contribution is 2.30. The maximum absolute atomic E-state index is 13.6. The summed E-state index contributed by atoms with van der Waals surface area (Å²) in [7, 11) is -3.41. The Hall–Kier alpha value is -2.95. The number of aromatic nitrogens is 3. The number of anilines is 1. The Morgan fingerprint density at radius 2 is 1.76 bits per heavy atom. The highest BCUT2D eigenvalue weighted by atomic mass is 35.5. The van der Waals surface area contributed by atoms with Crippen molar-refractivity contribution < 1.29 is 13.2 Å². The minimum absolute atomic E-state index is 0.0171. The van der Waals surface area contributed by atoms with Crippen LogP contribution in [0.25, 0.3) is 5.69 Å². The molecule has 0 radical (unpaired) electrons. The van der Waals surface area contributed by atoms with Crippen molar-refractivity contribution in [3.63, 3.8) is 0 Å². The first-order chi connectivity index (χ1) is 17.9. The van der Waals surface area contributed by atoms with Crippen LogP contribution >= 0.6 is 11.6 Å². The highest BCUT2D eigenvalue weighted by Gasteiger charge is 2.30. The second-order valence-corrected chi connectivity index (χ2v) is 11.9. The smallest absolute Gasteiger partial charge is 0.316 e. The van der Waals surface area contributed by atoms with Crippen molar-refractivity contribution in [3.8, 4) is 11.4 Å². The summed E-state index contributed by atoms with van der Waals surface area (Å²) >= 11 is 6.15. The summed E-state index contributed by atoms with van der Waals surface area (Å²) < 4.78 is 35.1. The third kappa shape index (κ3) is 5.97. The monoisotopic (exact) mass is 543 g/mol. The second kappa shape index (κ2) is 11.2. The fourth-order valence-electron chi connectivity index (χ4n) is 4.86. The molecular weight excluding hydrogens is 514 g/mol. The number of aryl methyl sites for hydroxylation is 1. The number of hydrogen-bond acceptors (Lipinski definition) is 7. The van der Waals surface area contributed by atoms with E-state index in [9.17, 15) is 13.2 Å². The van der Waals surface area contributed by atoms with Gasteiger partial charge in [0, 0.05) is 43.6 Å². The van der Waals surface area contributed by atoms with Gasteiger partial charge in [-0.1, -0.05) is 17.7 Å². The first-order valence-corrected chi connectivity index (χ1v) is 14.6. The standard InChI is InChI=1S/C26H30ClN5O4S/c27-21-4-3-5-22(18-21)32-26(33)25(36-23-6-1-2-7-23)24(19-29-32)30-13-15-31(16-14-30)37(34,35)17-10-20-8-11-28-12-9-20/h3-5,8-9,11-12,18-19,23H,1-2,6-7,10,13-17H2. The molecule has 196 valence electrons. The average Bonchev–Trinajstić information content (AvgIpc) is 3.43. The van der Waals surface area contributed by atoms with Crippen molar-refractivity contribution in [3.05, 3.63) is 75.9 Å². The number of piperazine rings is 1. The Balaban J connectivity index is 1.34. The molecule has 0 amide bonds. The van der Waals surface area contributed by atoms with Gasteiger partial charge in [0.25, 0.3) is 0 Å². The molecule has 1 aliphatic heterocycles. The summed E-state index contributed by atoms with van der Waals surface area (Å²) in [4.78, 5) is 19.5. The molecular formula is C26H30ClN5O4S. The van der Waals surface area contributed by atoms with E-state index in [1.54, 1.807) is 42.9 Å². The SMILES string of the molecule is O=c1c(OC2CCCC2)c(N2CCN(S(=O)(=O)CCc3ccncc3)CC2)cnn1-c1cccc(Cl)c1. The van der Waals surface area contributed by atoms with Gasteiger partial charge in [0.2, 0.25) is 15.8 Å². The van der Waals surface area contributed by atoms with Crippen LogP contribution in [0.15, 0.2) is 59.8 Å². The van der Waals surface area contributed by atoms with Crippen LogP contribution < -0.4 is 15.2 Å². The maximum Gasteiger partial charge on any atom is 0.316 e. The van der Waals surface area contributed by atoms with E-state index in [1.165, 1.54) is 8.99 Å². The molecule has 3 aromatic rings. The lowest BCUT2D eigenvalue weighted by molar-refractivity contribution is 0.205. The molecule has 2 aliphatic rings. The number of ether oxygens (including phenoxy) is 1. The fraction of sp³-hybridized carbons (Fsp3) is 0.423. The molecule has 1 saturated carbocycles. The van der Waals surface area contributed by atoms with E-state index in [1.807, 2.05) is 17.0 Å². The predicted octanol–water partition coefficient (Wildman–Crippen LogP) is 3.30. The number of halogens is 1. The third-order valence-corrected chi connectivity index (χ3v) is 9.03. The molecule has 5 rings (SSSR count). The highest BCUT2D eigenvalue weighted by molar-refractivity contribution is 7.89. The molecule has 0 N–H and O–H groups in total. The molecule has 0 atom stereocenters. The Bertz CT molecular complexity index is 1390. The molecule has 1 aromatic carbocycles. The lowest BCUT2D eigenvalue weighted by Crippen LogP contribution is -2.50. The van der Waals surface area contributed by atoms with Crippen LogP contribution in [0, 0.1) is 0 Å². The van der Waals surface area contributed by atoms with Crippen molar-refractivity contribution in [2.24, 2.45) is 0 Å². The normalized spacial score (nSPS) is 17.3. The number of pyridine rings is 1. The van der Waals surface area contributed by atoms with Gasteiger partial charge in [-0.15, -0.1) is 0 Å². The number of nitrogens with zero attached hydrogens (tertiary/aromatic N) is 5. The average molecular weight is 544 g/mol. The van der Waals surface area contributed by atoms with Crippen LogP contribution in [0.4, 0.5) is 5.69 Å². The van der Waals surface area contributed by atoms with E-state index < -0.39 is 10.0 Å². The van der Waals surface area contributed by atoms with Gasteiger partial charge < -0.3 is 9.64 Å². The molecule has 1 aliphatic carbocycles. The predicted molar refractivity (Wildman–Crippen MR) is 143 cm³/mol. The Kier molecular flexibility index (Phi) is 7.78. The summed E-state index contributed by atoms with van der Waals surface area (Å²) in [5, 5.41) is 4.93. The third-order valence-electron chi connectivity index (χ3n) is 6.92. The maximum atomic E-state index is 13.6. The zero-order chi connectivity index (χ0) is 25.8. The van der Waals surface area contributed by atoms with Crippen LogP contribution in [0.2, 0.25) is 5.02 Å². The largest absolute Gasteiger partial charge is 0.483 e. The summed E-state index contributed by atoms with van der Waals surface area (Å²) in [5.41, 5.74) is 1.76. The molecule has 1 saturated heterocycles. The summed E-state index contributed by atoms with van der Waals surface area (Å²) in [6, 6.07) is 10.6. The molecule has 3 heterocycles. The van der Waals surface area contributed by atoms with Gasteiger partial charge in [0.05, 0.1) is 23.7 Å². The minimum Gasteiger partial charge on any atom is -0.483 e. The van der Waals surface area contributed by atoms with Gasteiger partial charge in [-0.05, 0) is 68.0 Å². The van der Waals surface area contributed by atoms with Crippen LogP contribution in [-0.2, 0) is 16.4 Å². The summed E-state index contributed by atoms with van der Waals surface area (Å²) in [6.07, 6.45) is 9.35. The summed E-state index contributed by atoms with van der Waals surface area (Å²) in [6.45, 7) is 1.55. The van der Waals surface area contributed by atoms with Gasteiger partial charge in [0.1, 0.15) is 5.69 Å². The van der Waals surface area contributed by atoms with Crippen LogP contribution in [-0.4, -0.2) is 65.5 Å². The van der Waals surface area contributed by atoms with Gasteiger partial charge in [-0.25, -0.2) is 8.42 Å². The van der Waals surface area contributed by atoms with E-state index in [0.717, 1.165) is 31.2 Å². The number of benzene rings is 1. The van der Waals surface area contributed by atoms with E-state index in [0.29, 0.717) is 49.0 Å². The zero-order valence-electron chi connectivity index (χ0n) is 20.5. The van der Waals surface area contributed by atoms with Crippen LogP contribution in [0.1, 0.15) is 31.2 Å². The molecule has 2 fully saturated rings. The fourth-order valence-corrected chi connectivity index (χ4v) is 6.52. The lowest BCUT2D eigenvalue weighted by Gasteiger charge is -2.36. The lowest BCUT2D eigenvalue weighted by atomic mass is 10.2. The molecule has 37 heavy (non-hydrogen) atoms. The van der Waals surface area contributed by atoms with Crippen molar-refractivity contribution in [2.45, 2.75) is 38.2 Å². The van der Waals surface area contributed by atoms with Gasteiger partial charge >= 0.3 is 5.56 Å². The van der Waals surface area contributed by atoms with E-state index in [-0.39, 0.29) is 23.2 Å².